The van der Waals surface area contributed by atoms with Gasteiger partial charge >= 0.3 is 11.9 Å². The third-order valence-corrected chi connectivity index (χ3v) is 2.54. The van der Waals surface area contributed by atoms with Crippen LogP contribution >= 0.6 is 0 Å². The zero-order valence-corrected chi connectivity index (χ0v) is 11.2. The molecule has 0 aliphatic heterocycles. The van der Waals surface area contributed by atoms with Crippen LogP contribution in [0, 0.1) is 0 Å². The van der Waals surface area contributed by atoms with Crippen molar-refractivity contribution in [2.75, 3.05) is 7.11 Å². The molecule has 0 saturated heterocycles. The number of carboxylic acids is 2. The Balaban J connectivity index is 3.19. The van der Waals surface area contributed by atoms with Crippen LogP contribution in [-0.2, 0) is 9.59 Å². The number of para-hydroxylation sites is 1. The first-order chi connectivity index (χ1) is 9.49. The molecule has 0 heterocycles. The highest BCUT2D eigenvalue weighted by molar-refractivity contribution is 5.86. The predicted molar refractivity (Wildman–Crippen MR) is 72.0 cm³/mol. The number of hydrogen-bond acceptors (Lipinski definition) is 4. The van der Waals surface area contributed by atoms with Gasteiger partial charge in [-0.15, -0.1) is 0 Å². The SMILES string of the molecule is CCC(Oc1c(C=CC(=O)O)cccc1OC)C(=O)O. The number of carboxylic acid groups (broad SMARTS) is 2. The molecule has 2 N–H and O–H groups in total. The molecule has 0 saturated carbocycles. The molecule has 0 amide bonds. The van der Waals surface area contributed by atoms with E-state index in [1.807, 2.05) is 0 Å². The topological polar surface area (TPSA) is 93.1 Å². The van der Waals surface area contributed by atoms with Crippen molar-refractivity contribution in [2.45, 2.75) is 19.4 Å². The first-order valence-electron chi connectivity index (χ1n) is 5.97. The lowest BCUT2D eigenvalue weighted by Gasteiger charge is -2.17. The number of ether oxygens (including phenoxy) is 2. The van der Waals surface area contributed by atoms with Gasteiger partial charge in [-0.05, 0) is 18.6 Å². The zero-order valence-electron chi connectivity index (χ0n) is 11.2. The molecule has 20 heavy (non-hydrogen) atoms. The van der Waals surface area contributed by atoms with Crippen molar-refractivity contribution in [3.8, 4) is 11.5 Å². The second kappa shape index (κ2) is 7.18. The molecule has 0 radical (unpaired) electrons. The van der Waals surface area contributed by atoms with Crippen molar-refractivity contribution >= 4 is 18.0 Å². The molecule has 1 aromatic rings. The van der Waals surface area contributed by atoms with Crippen molar-refractivity contribution in [1.29, 1.82) is 0 Å². The van der Waals surface area contributed by atoms with Crippen molar-refractivity contribution in [3.63, 3.8) is 0 Å². The summed E-state index contributed by atoms with van der Waals surface area (Å²) in [6.07, 6.45) is 1.52. The predicted octanol–water partition coefficient (Wildman–Crippen LogP) is 2.04. The highest BCUT2D eigenvalue weighted by atomic mass is 16.5. The van der Waals surface area contributed by atoms with Gasteiger partial charge in [-0.1, -0.05) is 19.1 Å². The van der Waals surface area contributed by atoms with E-state index in [2.05, 4.69) is 0 Å². The fourth-order valence-corrected chi connectivity index (χ4v) is 1.56. The fourth-order valence-electron chi connectivity index (χ4n) is 1.56. The molecule has 0 bridgehead atoms. The van der Waals surface area contributed by atoms with Crippen molar-refractivity contribution in [1.82, 2.24) is 0 Å². The summed E-state index contributed by atoms with van der Waals surface area (Å²) in [4.78, 5) is 21.6. The van der Waals surface area contributed by atoms with Crippen LogP contribution in [0.5, 0.6) is 11.5 Å². The summed E-state index contributed by atoms with van der Waals surface area (Å²) in [5.41, 5.74) is 0.437. The summed E-state index contributed by atoms with van der Waals surface area (Å²) >= 11 is 0. The molecule has 1 atom stereocenters. The second-order valence-electron chi connectivity index (χ2n) is 3.90. The number of carbonyl (C=O) groups is 2. The summed E-state index contributed by atoms with van der Waals surface area (Å²) in [6, 6.07) is 4.89. The van der Waals surface area contributed by atoms with Crippen LogP contribution in [0.3, 0.4) is 0 Å². The molecule has 6 nitrogen and oxygen atoms in total. The number of methoxy groups -OCH3 is 1. The first kappa shape index (κ1) is 15.6. The van der Waals surface area contributed by atoms with Gasteiger partial charge < -0.3 is 19.7 Å². The van der Waals surface area contributed by atoms with Gasteiger partial charge in [0.25, 0.3) is 0 Å². The number of hydrogen-bond donors (Lipinski definition) is 2. The van der Waals surface area contributed by atoms with Gasteiger partial charge in [0.2, 0.25) is 0 Å². The standard InChI is InChI=1S/C14H16O6/c1-3-10(14(17)18)20-13-9(7-8-12(15)16)5-4-6-11(13)19-2/h4-8,10H,3H2,1-2H3,(H,15,16)(H,17,18). The van der Waals surface area contributed by atoms with Crippen LogP contribution in [0.2, 0.25) is 0 Å². The Morgan fingerprint density at radius 3 is 2.55 bits per heavy atom. The smallest absolute Gasteiger partial charge is 0.344 e. The molecule has 1 aromatic carbocycles. The van der Waals surface area contributed by atoms with E-state index in [-0.39, 0.29) is 12.2 Å². The number of benzene rings is 1. The largest absolute Gasteiger partial charge is 0.493 e. The molecular weight excluding hydrogens is 264 g/mol. The molecule has 1 unspecified atom stereocenters. The Morgan fingerprint density at radius 1 is 1.35 bits per heavy atom. The van der Waals surface area contributed by atoms with Crippen LogP contribution in [0.15, 0.2) is 24.3 Å². The van der Waals surface area contributed by atoms with Crippen molar-refractivity contribution in [2.24, 2.45) is 0 Å². The molecule has 0 fully saturated rings. The lowest BCUT2D eigenvalue weighted by Crippen LogP contribution is -2.26. The maximum Gasteiger partial charge on any atom is 0.344 e. The van der Waals surface area contributed by atoms with Crippen LogP contribution < -0.4 is 9.47 Å². The maximum atomic E-state index is 11.0. The van der Waals surface area contributed by atoms with Gasteiger partial charge in [-0.25, -0.2) is 9.59 Å². The Morgan fingerprint density at radius 2 is 2.05 bits per heavy atom. The maximum absolute atomic E-state index is 11.0. The molecule has 0 spiro atoms. The highest BCUT2D eigenvalue weighted by Gasteiger charge is 2.20. The second-order valence-corrected chi connectivity index (χ2v) is 3.90. The van der Waals surface area contributed by atoms with E-state index in [4.69, 9.17) is 19.7 Å². The lowest BCUT2D eigenvalue weighted by atomic mass is 10.1. The molecule has 0 aliphatic carbocycles. The summed E-state index contributed by atoms with van der Waals surface area (Å²) in [7, 11) is 1.43. The number of rotatable bonds is 7. The van der Waals surface area contributed by atoms with E-state index in [9.17, 15) is 9.59 Å². The summed E-state index contributed by atoms with van der Waals surface area (Å²) < 4.78 is 10.6. The van der Waals surface area contributed by atoms with Crippen molar-refractivity contribution < 1.29 is 29.3 Å². The van der Waals surface area contributed by atoms with Crippen LogP contribution in [-0.4, -0.2) is 35.4 Å². The molecule has 0 aliphatic rings. The fraction of sp³-hybridized carbons (Fsp3) is 0.286. The summed E-state index contributed by atoms with van der Waals surface area (Å²) in [5.74, 6) is -1.64. The molecule has 6 heteroatoms. The van der Waals surface area contributed by atoms with Gasteiger partial charge in [-0.3, -0.25) is 0 Å². The Bertz CT molecular complexity index is 520. The summed E-state index contributed by atoms with van der Waals surface area (Å²) in [5, 5.41) is 17.7. The van der Waals surface area contributed by atoms with Gasteiger partial charge in [0.05, 0.1) is 7.11 Å². The van der Waals surface area contributed by atoms with Gasteiger partial charge in [0.15, 0.2) is 17.6 Å². The van der Waals surface area contributed by atoms with Gasteiger partial charge in [0, 0.05) is 11.6 Å². The van der Waals surface area contributed by atoms with E-state index in [1.165, 1.54) is 13.2 Å². The number of aliphatic carboxylic acids is 2. The molecule has 108 valence electrons. The molecular formula is C14H16O6. The minimum Gasteiger partial charge on any atom is -0.493 e. The average Bonchev–Trinajstić information content (AvgIpc) is 2.42. The third-order valence-electron chi connectivity index (χ3n) is 2.54. The van der Waals surface area contributed by atoms with Crippen LogP contribution in [0.4, 0.5) is 0 Å². The van der Waals surface area contributed by atoms with E-state index < -0.39 is 18.0 Å². The minimum absolute atomic E-state index is 0.210. The lowest BCUT2D eigenvalue weighted by molar-refractivity contribution is -0.145. The first-order valence-corrected chi connectivity index (χ1v) is 5.97. The quantitative estimate of drug-likeness (QED) is 0.742. The Hall–Kier alpha value is -2.50. The zero-order chi connectivity index (χ0) is 15.1. The third kappa shape index (κ3) is 4.01. The van der Waals surface area contributed by atoms with Gasteiger partial charge in [0.1, 0.15) is 0 Å². The van der Waals surface area contributed by atoms with Crippen LogP contribution in [0.25, 0.3) is 6.08 Å². The van der Waals surface area contributed by atoms with E-state index in [0.717, 1.165) is 6.08 Å². The molecule has 1 rings (SSSR count). The average molecular weight is 280 g/mol. The highest BCUT2D eigenvalue weighted by Crippen LogP contribution is 2.33. The van der Waals surface area contributed by atoms with Crippen molar-refractivity contribution in [3.05, 3.63) is 29.8 Å². The van der Waals surface area contributed by atoms with Crippen LogP contribution in [0.1, 0.15) is 18.9 Å². The minimum atomic E-state index is -1.11. The normalized spacial score (nSPS) is 12.1. The Kier molecular flexibility index (Phi) is 5.58. The monoisotopic (exact) mass is 280 g/mol. The van der Waals surface area contributed by atoms with E-state index in [1.54, 1.807) is 25.1 Å². The molecule has 0 aromatic heterocycles. The summed E-state index contributed by atoms with van der Waals surface area (Å²) in [6.45, 7) is 1.68. The van der Waals surface area contributed by atoms with E-state index >= 15 is 0 Å². The Labute approximate surface area is 116 Å². The van der Waals surface area contributed by atoms with E-state index in [0.29, 0.717) is 11.3 Å². The van der Waals surface area contributed by atoms with Gasteiger partial charge in [-0.2, -0.15) is 0 Å².